The van der Waals surface area contributed by atoms with E-state index in [9.17, 15) is 14.1 Å². The Morgan fingerprint density at radius 3 is 2.92 bits per heavy atom. The van der Waals surface area contributed by atoms with Gasteiger partial charge >= 0.3 is 0 Å². The zero-order chi connectivity index (χ0) is 17.3. The summed E-state index contributed by atoms with van der Waals surface area (Å²) >= 11 is 0. The third kappa shape index (κ3) is 3.05. The van der Waals surface area contributed by atoms with Crippen LogP contribution in [0.15, 0.2) is 35.6 Å². The number of aryl methyl sites for hydroxylation is 1. The molecule has 128 valence electrons. The average Bonchev–Trinajstić information content (AvgIpc) is 2.83. The number of carbonyl (C=O) groups is 1. The number of nitrogens with one attached hydrogen (secondary N) is 3. The van der Waals surface area contributed by atoms with E-state index in [1.807, 2.05) is 0 Å². The van der Waals surface area contributed by atoms with Crippen LogP contribution in [0.3, 0.4) is 0 Å². The molecule has 3 rings (SSSR count). The summed E-state index contributed by atoms with van der Waals surface area (Å²) < 4.78 is 25.0. The van der Waals surface area contributed by atoms with Gasteiger partial charge in [0.2, 0.25) is 0 Å². The predicted octanol–water partition coefficient (Wildman–Crippen LogP) is 0.890. The molecule has 1 aliphatic heterocycles. The number of fused-ring (bicyclic) bond motifs is 1. The number of amides is 1. The van der Waals surface area contributed by atoms with Crippen molar-refractivity contribution in [1.82, 2.24) is 14.3 Å². The monoisotopic (exact) mass is 349 g/mol. The minimum Gasteiger partial charge on any atom is -0.395 e. The largest absolute Gasteiger partial charge is 0.395 e. The molecule has 4 N–H and O–H groups in total. The van der Waals surface area contributed by atoms with Crippen LogP contribution in [0, 0.1) is 4.78 Å². The Bertz CT molecular complexity index is 861. The molecule has 0 radical (unpaired) electrons. The summed E-state index contributed by atoms with van der Waals surface area (Å²) in [7, 11) is -1.58. The molecule has 1 amide bonds. The highest BCUT2D eigenvalue weighted by atomic mass is 32.2. The van der Waals surface area contributed by atoms with Gasteiger partial charge in [0.1, 0.15) is 15.6 Å². The van der Waals surface area contributed by atoms with Gasteiger partial charge < -0.3 is 15.0 Å². The molecule has 3 heterocycles. The maximum absolute atomic E-state index is 12.7. The van der Waals surface area contributed by atoms with Gasteiger partial charge in [-0.3, -0.25) is 9.78 Å². The molecule has 1 unspecified atom stereocenters. The molecule has 0 aliphatic carbocycles. The molecule has 0 aromatic carbocycles. The normalized spacial score (nSPS) is 23.3. The fourth-order valence-electron chi connectivity index (χ4n) is 2.86. The highest BCUT2D eigenvalue weighted by molar-refractivity contribution is 7.90. The van der Waals surface area contributed by atoms with Crippen LogP contribution in [0.1, 0.15) is 22.5 Å². The lowest BCUT2D eigenvalue weighted by atomic mass is 10.1. The first-order valence-corrected chi connectivity index (χ1v) is 9.04. The molecule has 0 fully saturated rings. The molecule has 24 heavy (non-hydrogen) atoms. The van der Waals surface area contributed by atoms with Gasteiger partial charge in [0.05, 0.1) is 11.5 Å². The summed E-state index contributed by atoms with van der Waals surface area (Å²) in [6, 6.07) is 2.93. The van der Waals surface area contributed by atoms with Crippen LogP contribution < -0.4 is 10.0 Å². The molecule has 2 aromatic heterocycles. The highest BCUT2D eigenvalue weighted by Gasteiger charge is 2.30. The van der Waals surface area contributed by atoms with Crippen LogP contribution in [-0.4, -0.2) is 37.4 Å². The second-order valence-corrected chi connectivity index (χ2v) is 7.50. The van der Waals surface area contributed by atoms with Crippen molar-refractivity contribution in [3.05, 3.63) is 42.0 Å². The predicted molar refractivity (Wildman–Crippen MR) is 89.1 cm³/mol. The highest BCUT2D eigenvalue weighted by Crippen LogP contribution is 2.28. The van der Waals surface area contributed by atoms with Crippen molar-refractivity contribution in [2.45, 2.75) is 23.8 Å². The standard InChI is InChI=1S/C15H19N5O3S/c1-20-8-13-12(3-2-11(9-21)19-24(13,16)23)14(20)15(22)18-10-4-6-17-7-5-10/h4-8,11,21H,2-3,9H2,1H3,(H2,16,19,23)(H,17,18,22)/t11-,24?/m1/s1. The first kappa shape index (κ1) is 16.6. The molecule has 0 saturated carbocycles. The van der Waals surface area contributed by atoms with Gasteiger partial charge in [-0.05, 0) is 25.0 Å². The van der Waals surface area contributed by atoms with Crippen molar-refractivity contribution in [3.63, 3.8) is 0 Å². The second-order valence-electron chi connectivity index (χ2n) is 5.71. The number of aromatic nitrogens is 2. The number of anilines is 1. The maximum Gasteiger partial charge on any atom is 0.272 e. The lowest BCUT2D eigenvalue weighted by molar-refractivity contribution is 0.101. The van der Waals surface area contributed by atoms with E-state index in [1.54, 1.807) is 42.3 Å². The number of pyridine rings is 1. The Morgan fingerprint density at radius 1 is 1.54 bits per heavy atom. The fraction of sp³-hybridized carbons (Fsp3) is 0.333. The van der Waals surface area contributed by atoms with Gasteiger partial charge in [0, 0.05) is 42.9 Å². The zero-order valence-electron chi connectivity index (χ0n) is 13.2. The van der Waals surface area contributed by atoms with E-state index < -0.39 is 16.0 Å². The second kappa shape index (κ2) is 6.34. The van der Waals surface area contributed by atoms with Crippen molar-refractivity contribution in [2.75, 3.05) is 11.9 Å². The lowest BCUT2D eigenvalue weighted by Gasteiger charge is -2.13. The summed E-state index contributed by atoms with van der Waals surface area (Å²) in [5.41, 5.74) is 1.58. The van der Waals surface area contributed by atoms with Crippen molar-refractivity contribution < 1.29 is 14.1 Å². The van der Waals surface area contributed by atoms with Gasteiger partial charge in [0.15, 0.2) is 0 Å². The molecule has 8 nitrogen and oxygen atoms in total. The maximum atomic E-state index is 12.7. The quantitative estimate of drug-likeness (QED) is 0.657. The minimum absolute atomic E-state index is 0.204. The van der Waals surface area contributed by atoms with E-state index in [2.05, 4.69) is 15.0 Å². The van der Waals surface area contributed by atoms with Crippen LogP contribution in [0.4, 0.5) is 5.69 Å². The first-order chi connectivity index (χ1) is 11.4. The van der Waals surface area contributed by atoms with Gasteiger partial charge in [-0.25, -0.2) is 13.7 Å². The van der Waals surface area contributed by atoms with Crippen LogP contribution >= 0.6 is 0 Å². The number of rotatable bonds is 3. The van der Waals surface area contributed by atoms with Crippen molar-refractivity contribution in [3.8, 4) is 0 Å². The number of aliphatic hydroxyl groups excluding tert-OH is 1. The van der Waals surface area contributed by atoms with Gasteiger partial charge in [0.25, 0.3) is 5.91 Å². The van der Waals surface area contributed by atoms with Crippen LogP contribution in [0.5, 0.6) is 0 Å². The third-order valence-corrected chi connectivity index (χ3v) is 5.64. The smallest absolute Gasteiger partial charge is 0.272 e. The molecule has 1 aliphatic rings. The Balaban J connectivity index is 1.99. The summed E-state index contributed by atoms with van der Waals surface area (Å²) in [5, 5.41) is 12.1. The topological polar surface area (TPSA) is 120 Å². The van der Waals surface area contributed by atoms with E-state index in [1.165, 1.54) is 0 Å². The number of hydrogen-bond acceptors (Lipinski definition) is 5. The van der Waals surface area contributed by atoms with E-state index >= 15 is 0 Å². The molecule has 9 heteroatoms. The van der Waals surface area contributed by atoms with E-state index in [4.69, 9.17) is 4.78 Å². The Labute approximate surface area is 140 Å². The first-order valence-electron chi connectivity index (χ1n) is 7.49. The average molecular weight is 349 g/mol. The third-order valence-electron chi connectivity index (χ3n) is 4.01. The van der Waals surface area contributed by atoms with Gasteiger partial charge in [-0.2, -0.15) is 0 Å². The number of hydrogen-bond donors (Lipinski definition) is 4. The molecular weight excluding hydrogens is 330 g/mol. The molecular formula is C15H19N5O3S. The van der Waals surface area contributed by atoms with Crippen LogP contribution in [0.2, 0.25) is 0 Å². The number of aliphatic hydroxyl groups is 1. The van der Waals surface area contributed by atoms with E-state index in [0.29, 0.717) is 34.7 Å². The van der Waals surface area contributed by atoms with Crippen molar-refractivity contribution >= 4 is 21.5 Å². The van der Waals surface area contributed by atoms with Crippen molar-refractivity contribution in [2.24, 2.45) is 7.05 Å². The number of carbonyl (C=O) groups excluding carboxylic acids is 1. The SMILES string of the molecule is Cn1cc2c(c1C(=O)Nc1ccncc1)CC[C@H](CO)NS2(=N)=O. The van der Waals surface area contributed by atoms with Gasteiger partial charge in [-0.1, -0.05) is 0 Å². The van der Waals surface area contributed by atoms with E-state index in [-0.39, 0.29) is 12.5 Å². The summed E-state index contributed by atoms with van der Waals surface area (Å²) in [6.45, 7) is -0.204. The summed E-state index contributed by atoms with van der Waals surface area (Å²) in [4.78, 5) is 16.9. The minimum atomic E-state index is -3.27. The number of nitrogens with zero attached hydrogens (tertiary/aromatic N) is 2. The van der Waals surface area contributed by atoms with Crippen LogP contribution in [0.25, 0.3) is 0 Å². The molecule has 0 spiro atoms. The molecule has 0 saturated heterocycles. The van der Waals surface area contributed by atoms with Crippen molar-refractivity contribution in [1.29, 1.82) is 4.78 Å². The van der Waals surface area contributed by atoms with Gasteiger partial charge in [-0.15, -0.1) is 0 Å². The summed E-state index contributed by atoms with van der Waals surface area (Å²) in [6.07, 6.45) is 5.67. The Morgan fingerprint density at radius 2 is 2.25 bits per heavy atom. The molecule has 2 aromatic rings. The van der Waals surface area contributed by atoms with E-state index in [0.717, 1.165) is 0 Å². The molecule has 0 bridgehead atoms. The Hall–Kier alpha value is -2.23. The summed E-state index contributed by atoms with van der Waals surface area (Å²) in [5.74, 6) is -0.331. The Kier molecular flexibility index (Phi) is 4.39. The lowest BCUT2D eigenvalue weighted by Crippen LogP contribution is -2.35. The fourth-order valence-corrected chi connectivity index (χ4v) is 4.51. The zero-order valence-corrected chi connectivity index (χ0v) is 14.0. The molecule has 2 atom stereocenters. The van der Waals surface area contributed by atoms with Crippen LogP contribution in [-0.2, 0) is 23.4 Å².